The smallest absolute Gasteiger partial charge is 0.220 e. The molecule has 6 nitrogen and oxygen atoms in total. The van der Waals surface area contributed by atoms with E-state index in [0.717, 1.165) is 56.2 Å². The maximum atomic E-state index is 11.6. The van der Waals surface area contributed by atoms with Gasteiger partial charge in [-0.3, -0.25) is 4.79 Å². The van der Waals surface area contributed by atoms with E-state index in [9.17, 15) is 4.79 Å². The third-order valence-electron chi connectivity index (χ3n) is 3.28. The van der Waals surface area contributed by atoms with E-state index in [0.29, 0.717) is 12.5 Å². The first kappa shape index (κ1) is 15.5. The monoisotopic (exact) mass is 291 g/mol. The van der Waals surface area contributed by atoms with Crippen molar-refractivity contribution in [1.29, 1.82) is 0 Å². The summed E-state index contributed by atoms with van der Waals surface area (Å²) in [6, 6.07) is 2.36. The highest BCUT2D eigenvalue weighted by Crippen LogP contribution is 2.18. The van der Waals surface area contributed by atoms with E-state index in [-0.39, 0.29) is 5.91 Å². The van der Waals surface area contributed by atoms with Gasteiger partial charge in [-0.25, -0.2) is 9.97 Å². The summed E-state index contributed by atoms with van der Waals surface area (Å²) in [7, 11) is 0. The van der Waals surface area contributed by atoms with E-state index in [1.165, 1.54) is 0 Å². The van der Waals surface area contributed by atoms with Gasteiger partial charge in [0.15, 0.2) is 0 Å². The van der Waals surface area contributed by atoms with Crippen LogP contribution in [0.25, 0.3) is 0 Å². The molecule has 0 aromatic carbocycles. The van der Waals surface area contributed by atoms with Crippen LogP contribution in [0.3, 0.4) is 0 Å². The SMILES string of the molecule is CCNc1cc(NCCCC(=O)NC2CC2)nc(CC)n1. The van der Waals surface area contributed by atoms with Gasteiger partial charge in [0, 0.05) is 38.0 Å². The first-order valence-electron chi connectivity index (χ1n) is 7.86. The Bertz CT molecular complexity index is 473. The first-order chi connectivity index (χ1) is 10.2. The molecule has 1 fully saturated rings. The Labute approximate surface area is 126 Å². The summed E-state index contributed by atoms with van der Waals surface area (Å²) >= 11 is 0. The predicted molar refractivity (Wildman–Crippen MR) is 84.5 cm³/mol. The highest BCUT2D eigenvalue weighted by atomic mass is 16.1. The summed E-state index contributed by atoms with van der Waals surface area (Å²) < 4.78 is 0. The number of rotatable bonds is 9. The molecular formula is C15H25N5O. The molecule has 116 valence electrons. The molecule has 1 aromatic heterocycles. The summed E-state index contributed by atoms with van der Waals surface area (Å²) in [6.07, 6.45) is 4.45. The third-order valence-corrected chi connectivity index (χ3v) is 3.28. The zero-order valence-electron chi connectivity index (χ0n) is 12.9. The molecule has 3 N–H and O–H groups in total. The number of nitrogens with zero attached hydrogens (tertiary/aromatic N) is 2. The molecule has 0 bridgehead atoms. The summed E-state index contributed by atoms with van der Waals surface area (Å²) in [5.74, 6) is 2.64. The van der Waals surface area contributed by atoms with Crippen molar-refractivity contribution in [1.82, 2.24) is 15.3 Å². The van der Waals surface area contributed by atoms with Crippen molar-refractivity contribution in [2.45, 2.75) is 52.0 Å². The van der Waals surface area contributed by atoms with Gasteiger partial charge in [-0.15, -0.1) is 0 Å². The second kappa shape index (κ2) is 7.81. The van der Waals surface area contributed by atoms with Gasteiger partial charge >= 0.3 is 0 Å². The van der Waals surface area contributed by atoms with Crippen LogP contribution in [0, 0.1) is 0 Å². The largest absolute Gasteiger partial charge is 0.370 e. The second-order valence-electron chi connectivity index (χ2n) is 5.31. The van der Waals surface area contributed by atoms with Crippen molar-refractivity contribution >= 4 is 17.5 Å². The van der Waals surface area contributed by atoms with E-state index in [1.54, 1.807) is 0 Å². The van der Waals surface area contributed by atoms with Gasteiger partial charge in [-0.1, -0.05) is 6.92 Å². The molecule has 2 rings (SSSR count). The van der Waals surface area contributed by atoms with Gasteiger partial charge in [0.25, 0.3) is 0 Å². The molecule has 1 saturated carbocycles. The predicted octanol–water partition coefficient (Wildman–Crippen LogP) is 1.94. The number of amides is 1. The van der Waals surface area contributed by atoms with Crippen molar-refractivity contribution in [2.75, 3.05) is 23.7 Å². The van der Waals surface area contributed by atoms with Crippen LogP contribution in [0.15, 0.2) is 6.07 Å². The molecular weight excluding hydrogens is 266 g/mol. The number of hydrogen-bond donors (Lipinski definition) is 3. The molecule has 1 heterocycles. The van der Waals surface area contributed by atoms with Crippen molar-refractivity contribution in [3.8, 4) is 0 Å². The van der Waals surface area contributed by atoms with E-state index in [2.05, 4.69) is 25.9 Å². The van der Waals surface area contributed by atoms with Crippen LogP contribution in [-0.2, 0) is 11.2 Å². The van der Waals surface area contributed by atoms with E-state index in [4.69, 9.17) is 0 Å². The van der Waals surface area contributed by atoms with Gasteiger partial charge < -0.3 is 16.0 Å². The third kappa shape index (κ3) is 5.57. The number of anilines is 2. The number of hydrogen-bond acceptors (Lipinski definition) is 5. The quantitative estimate of drug-likeness (QED) is 0.606. The average Bonchev–Trinajstić information content (AvgIpc) is 3.27. The minimum absolute atomic E-state index is 0.157. The van der Waals surface area contributed by atoms with E-state index >= 15 is 0 Å². The van der Waals surface area contributed by atoms with Gasteiger partial charge in [0.2, 0.25) is 5.91 Å². The standard InChI is InChI=1S/C15H25N5O/c1-3-12-19-13(16-4-2)10-14(20-12)17-9-5-6-15(21)18-11-7-8-11/h10-11H,3-9H2,1-2H3,(H,18,21)(H2,16,17,19,20). The van der Waals surface area contributed by atoms with Crippen LogP contribution in [0.2, 0.25) is 0 Å². The summed E-state index contributed by atoms with van der Waals surface area (Å²) in [6.45, 7) is 5.65. The van der Waals surface area contributed by atoms with Gasteiger partial charge in [0.05, 0.1) is 0 Å². The molecule has 6 heteroatoms. The van der Waals surface area contributed by atoms with Crippen LogP contribution < -0.4 is 16.0 Å². The van der Waals surface area contributed by atoms with Gasteiger partial charge in [0.1, 0.15) is 17.5 Å². The van der Waals surface area contributed by atoms with Crippen LogP contribution in [0.4, 0.5) is 11.6 Å². The molecule has 0 saturated heterocycles. The lowest BCUT2D eigenvalue weighted by Gasteiger charge is -2.10. The van der Waals surface area contributed by atoms with E-state index in [1.807, 2.05) is 19.9 Å². The first-order valence-corrected chi connectivity index (χ1v) is 7.86. The van der Waals surface area contributed by atoms with Crippen LogP contribution in [0.5, 0.6) is 0 Å². The summed E-state index contributed by atoms with van der Waals surface area (Å²) in [5.41, 5.74) is 0. The molecule has 0 atom stereocenters. The lowest BCUT2D eigenvalue weighted by atomic mass is 10.3. The Kier molecular flexibility index (Phi) is 5.78. The Morgan fingerprint density at radius 1 is 1.24 bits per heavy atom. The van der Waals surface area contributed by atoms with Crippen molar-refractivity contribution < 1.29 is 4.79 Å². The minimum atomic E-state index is 0.157. The molecule has 0 spiro atoms. The van der Waals surface area contributed by atoms with E-state index < -0.39 is 0 Å². The van der Waals surface area contributed by atoms with Crippen LogP contribution in [-0.4, -0.2) is 35.0 Å². The fourth-order valence-electron chi connectivity index (χ4n) is 2.01. The number of aryl methyl sites for hydroxylation is 1. The molecule has 1 aliphatic rings. The molecule has 21 heavy (non-hydrogen) atoms. The number of nitrogens with one attached hydrogen (secondary N) is 3. The molecule has 1 aromatic rings. The van der Waals surface area contributed by atoms with Gasteiger partial charge in [-0.2, -0.15) is 0 Å². The number of aromatic nitrogens is 2. The molecule has 1 aliphatic carbocycles. The highest BCUT2D eigenvalue weighted by molar-refractivity contribution is 5.76. The molecule has 0 radical (unpaired) electrons. The number of carbonyl (C=O) groups excluding carboxylic acids is 1. The molecule has 0 unspecified atom stereocenters. The summed E-state index contributed by atoms with van der Waals surface area (Å²) in [4.78, 5) is 20.4. The maximum absolute atomic E-state index is 11.6. The highest BCUT2D eigenvalue weighted by Gasteiger charge is 2.22. The van der Waals surface area contributed by atoms with Crippen LogP contribution >= 0.6 is 0 Å². The fraction of sp³-hybridized carbons (Fsp3) is 0.667. The zero-order chi connectivity index (χ0) is 15.1. The molecule has 1 amide bonds. The van der Waals surface area contributed by atoms with Gasteiger partial charge in [-0.05, 0) is 26.2 Å². The molecule has 0 aliphatic heterocycles. The topological polar surface area (TPSA) is 78.9 Å². The van der Waals surface area contributed by atoms with Crippen molar-refractivity contribution in [2.24, 2.45) is 0 Å². The van der Waals surface area contributed by atoms with Crippen LogP contribution in [0.1, 0.15) is 45.4 Å². The Morgan fingerprint density at radius 3 is 2.57 bits per heavy atom. The number of carbonyl (C=O) groups is 1. The van der Waals surface area contributed by atoms with Crippen molar-refractivity contribution in [3.05, 3.63) is 11.9 Å². The lowest BCUT2D eigenvalue weighted by Crippen LogP contribution is -2.25. The fourth-order valence-corrected chi connectivity index (χ4v) is 2.01. The normalized spacial score (nSPS) is 13.8. The second-order valence-corrected chi connectivity index (χ2v) is 5.31. The average molecular weight is 291 g/mol. The Morgan fingerprint density at radius 2 is 1.95 bits per heavy atom. The lowest BCUT2D eigenvalue weighted by molar-refractivity contribution is -0.121. The minimum Gasteiger partial charge on any atom is -0.370 e. The summed E-state index contributed by atoms with van der Waals surface area (Å²) in [5, 5.41) is 9.47. The maximum Gasteiger partial charge on any atom is 0.220 e. The zero-order valence-corrected chi connectivity index (χ0v) is 12.9. The Hall–Kier alpha value is -1.85. The van der Waals surface area contributed by atoms with Crippen molar-refractivity contribution in [3.63, 3.8) is 0 Å². The Balaban J connectivity index is 1.75.